The van der Waals surface area contributed by atoms with Gasteiger partial charge in [0.1, 0.15) is 0 Å². The molecule has 4 nitrogen and oxygen atoms in total. The van der Waals surface area contributed by atoms with Crippen LogP contribution < -0.4 is 5.73 Å². The number of benzene rings is 1. The van der Waals surface area contributed by atoms with Crippen LogP contribution in [-0.4, -0.2) is 35.5 Å². The Balaban J connectivity index is 2.63. The van der Waals surface area contributed by atoms with Gasteiger partial charge in [-0.25, -0.2) is 0 Å². The number of rotatable bonds is 8. The van der Waals surface area contributed by atoms with Crippen molar-refractivity contribution in [2.24, 2.45) is 5.73 Å². The Morgan fingerprint density at radius 3 is 2.84 bits per heavy atom. The Morgan fingerprint density at radius 1 is 1.53 bits per heavy atom. The van der Waals surface area contributed by atoms with Crippen LogP contribution in [0.15, 0.2) is 24.3 Å². The number of carbonyl (C=O) groups is 1. The van der Waals surface area contributed by atoms with E-state index in [1.807, 2.05) is 11.0 Å². The molecule has 1 unspecified atom stereocenters. The van der Waals surface area contributed by atoms with Gasteiger partial charge in [0.05, 0.1) is 12.6 Å². The quantitative estimate of drug-likeness (QED) is 0.767. The summed E-state index contributed by atoms with van der Waals surface area (Å²) in [5, 5.41) is 10.8. The van der Waals surface area contributed by atoms with Crippen molar-refractivity contribution in [1.29, 1.82) is 0 Å². The third kappa shape index (κ3) is 6.05. The molecule has 0 fully saturated rings. The normalized spacial score (nSPS) is 12.6. The molecule has 0 heterocycles. The van der Waals surface area contributed by atoms with E-state index in [4.69, 9.17) is 17.3 Å². The molecule has 0 radical (unpaired) electrons. The number of aliphatic hydroxyl groups is 1. The Labute approximate surface area is 119 Å². The maximum absolute atomic E-state index is 11.0. The number of halogens is 1. The summed E-state index contributed by atoms with van der Waals surface area (Å²) in [6, 6.07) is 7.11. The zero-order valence-corrected chi connectivity index (χ0v) is 11.9. The van der Waals surface area contributed by atoms with E-state index in [1.54, 1.807) is 18.2 Å². The van der Waals surface area contributed by atoms with Crippen molar-refractivity contribution in [2.75, 3.05) is 19.6 Å². The molecule has 1 aromatic carbocycles. The summed E-state index contributed by atoms with van der Waals surface area (Å²) < 4.78 is 0. The summed E-state index contributed by atoms with van der Waals surface area (Å²) in [4.78, 5) is 12.9. The predicted octanol–water partition coefficient (Wildman–Crippen LogP) is 1.96. The molecular formula is C14H21ClN2O2. The Bertz CT molecular complexity index is 412. The first kappa shape index (κ1) is 16.0. The van der Waals surface area contributed by atoms with Crippen molar-refractivity contribution < 1.29 is 9.90 Å². The molecule has 3 N–H and O–H groups in total. The van der Waals surface area contributed by atoms with Gasteiger partial charge in [-0.1, -0.05) is 37.1 Å². The summed E-state index contributed by atoms with van der Waals surface area (Å²) in [6.45, 7) is 3.37. The fourth-order valence-electron chi connectivity index (χ4n) is 1.90. The van der Waals surface area contributed by atoms with E-state index < -0.39 is 6.10 Å². The summed E-state index contributed by atoms with van der Waals surface area (Å²) >= 11 is 5.89. The van der Waals surface area contributed by atoms with Gasteiger partial charge in [-0.15, -0.1) is 0 Å². The van der Waals surface area contributed by atoms with Gasteiger partial charge in [-0.2, -0.15) is 0 Å². The number of carbonyl (C=O) groups excluding carboxylic acids is 1. The SMILES string of the molecule is CCCCN(CC(N)=O)CC(O)c1cccc(Cl)c1. The third-order valence-electron chi connectivity index (χ3n) is 2.87. The second-order valence-electron chi connectivity index (χ2n) is 4.63. The first-order chi connectivity index (χ1) is 9.02. The van der Waals surface area contributed by atoms with Crippen molar-refractivity contribution in [3.8, 4) is 0 Å². The monoisotopic (exact) mass is 284 g/mol. The molecule has 0 saturated carbocycles. The highest BCUT2D eigenvalue weighted by molar-refractivity contribution is 6.30. The van der Waals surface area contributed by atoms with E-state index >= 15 is 0 Å². The third-order valence-corrected chi connectivity index (χ3v) is 3.11. The number of nitrogens with zero attached hydrogens (tertiary/aromatic N) is 1. The van der Waals surface area contributed by atoms with E-state index in [0.29, 0.717) is 11.6 Å². The molecular weight excluding hydrogens is 264 g/mol. The first-order valence-corrected chi connectivity index (χ1v) is 6.85. The van der Waals surface area contributed by atoms with Crippen LogP contribution in [0.25, 0.3) is 0 Å². The molecule has 0 aromatic heterocycles. The van der Waals surface area contributed by atoms with Gasteiger partial charge in [0, 0.05) is 11.6 Å². The van der Waals surface area contributed by atoms with E-state index in [-0.39, 0.29) is 12.5 Å². The van der Waals surface area contributed by atoms with Crippen molar-refractivity contribution in [3.63, 3.8) is 0 Å². The van der Waals surface area contributed by atoms with Gasteiger partial charge in [0.15, 0.2) is 0 Å². The highest BCUT2D eigenvalue weighted by Gasteiger charge is 2.15. The number of hydrogen-bond donors (Lipinski definition) is 2. The minimum Gasteiger partial charge on any atom is -0.387 e. The summed E-state index contributed by atoms with van der Waals surface area (Å²) in [5.74, 6) is -0.380. The lowest BCUT2D eigenvalue weighted by atomic mass is 10.1. The minimum absolute atomic E-state index is 0.164. The zero-order valence-electron chi connectivity index (χ0n) is 11.2. The molecule has 0 aliphatic heterocycles. The van der Waals surface area contributed by atoms with Gasteiger partial charge in [-0.05, 0) is 30.7 Å². The van der Waals surface area contributed by atoms with Crippen molar-refractivity contribution in [1.82, 2.24) is 4.90 Å². The molecule has 1 amide bonds. The molecule has 0 spiro atoms. The number of primary amides is 1. The van der Waals surface area contributed by atoms with Crippen LogP contribution in [0.1, 0.15) is 31.4 Å². The molecule has 106 valence electrons. The molecule has 1 rings (SSSR count). The molecule has 5 heteroatoms. The first-order valence-electron chi connectivity index (χ1n) is 6.47. The Hall–Kier alpha value is -1.10. The van der Waals surface area contributed by atoms with Crippen LogP contribution in [0.2, 0.25) is 5.02 Å². The fraction of sp³-hybridized carbons (Fsp3) is 0.500. The molecule has 0 saturated heterocycles. The average molecular weight is 285 g/mol. The van der Waals surface area contributed by atoms with Gasteiger partial charge < -0.3 is 10.8 Å². The zero-order chi connectivity index (χ0) is 14.3. The van der Waals surface area contributed by atoms with Crippen LogP contribution in [0.4, 0.5) is 0 Å². The van der Waals surface area contributed by atoms with Crippen LogP contribution in [0, 0.1) is 0 Å². The lowest BCUT2D eigenvalue weighted by Crippen LogP contribution is -2.37. The van der Waals surface area contributed by atoms with E-state index in [0.717, 1.165) is 24.9 Å². The lowest BCUT2D eigenvalue weighted by Gasteiger charge is -2.23. The molecule has 1 atom stereocenters. The second-order valence-corrected chi connectivity index (χ2v) is 5.06. The largest absolute Gasteiger partial charge is 0.387 e. The smallest absolute Gasteiger partial charge is 0.231 e. The number of unbranched alkanes of at least 4 members (excludes halogenated alkanes) is 1. The van der Waals surface area contributed by atoms with Gasteiger partial charge in [0.25, 0.3) is 0 Å². The predicted molar refractivity (Wildman–Crippen MR) is 77.0 cm³/mol. The minimum atomic E-state index is -0.671. The second kappa shape index (κ2) is 8.15. The van der Waals surface area contributed by atoms with Crippen LogP contribution in [0.3, 0.4) is 0 Å². The number of amides is 1. The van der Waals surface area contributed by atoms with Gasteiger partial charge in [-0.3, -0.25) is 9.69 Å². The highest BCUT2D eigenvalue weighted by atomic mass is 35.5. The Morgan fingerprint density at radius 2 is 2.26 bits per heavy atom. The lowest BCUT2D eigenvalue weighted by molar-refractivity contribution is -0.119. The molecule has 1 aromatic rings. The van der Waals surface area contributed by atoms with Crippen molar-refractivity contribution in [3.05, 3.63) is 34.9 Å². The van der Waals surface area contributed by atoms with E-state index in [2.05, 4.69) is 6.92 Å². The fourth-order valence-corrected chi connectivity index (χ4v) is 2.10. The number of aliphatic hydroxyl groups excluding tert-OH is 1. The maximum atomic E-state index is 11.0. The summed E-state index contributed by atoms with van der Waals surface area (Å²) in [6.07, 6.45) is 1.33. The van der Waals surface area contributed by atoms with Gasteiger partial charge in [0.2, 0.25) is 5.91 Å². The molecule has 19 heavy (non-hydrogen) atoms. The average Bonchev–Trinajstić information content (AvgIpc) is 2.35. The van der Waals surface area contributed by atoms with Gasteiger partial charge >= 0.3 is 0 Å². The van der Waals surface area contributed by atoms with Crippen LogP contribution >= 0.6 is 11.6 Å². The highest BCUT2D eigenvalue weighted by Crippen LogP contribution is 2.18. The number of nitrogens with two attached hydrogens (primary N) is 1. The molecule has 0 aliphatic carbocycles. The number of hydrogen-bond acceptors (Lipinski definition) is 3. The van der Waals surface area contributed by atoms with Crippen LogP contribution in [-0.2, 0) is 4.79 Å². The topological polar surface area (TPSA) is 66.6 Å². The summed E-state index contributed by atoms with van der Waals surface area (Å²) in [5.41, 5.74) is 5.97. The maximum Gasteiger partial charge on any atom is 0.231 e. The summed E-state index contributed by atoms with van der Waals surface area (Å²) in [7, 11) is 0. The van der Waals surface area contributed by atoms with Crippen molar-refractivity contribution >= 4 is 17.5 Å². The van der Waals surface area contributed by atoms with Crippen molar-refractivity contribution in [2.45, 2.75) is 25.9 Å². The molecule has 0 aliphatic rings. The Kier molecular flexibility index (Phi) is 6.84. The molecule has 0 bridgehead atoms. The standard InChI is InChI=1S/C14H21ClN2O2/c1-2-3-7-17(10-14(16)19)9-13(18)11-5-4-6-12(15)8-11/h4-6,8,13,18H,2-3,7,9-10H2,1H3,(H2,16,19). The van der Waals surface area contributed by atoms with Crippen LogP contribution in [0.5, 0.6) is 0 Å². The van der Waals surface area contributed by atoms with E-state index in [9.17, 15) is 9.90 Å². The van der Waals surface area contributed by atoms with E-state index in [1.165, 1.54) is 0 Å².